The van der Waals surface area contributed by atoms with Crippen LogP contribution in [0.4, 0.5) is 13.2 Å². The molecule has 0 saturated heterocycles. The molecule has 112 valence electrons. The Morgan fingerprint density at radius 3 is 2.20 bits per heavy atom. The Bertz CT molecular complexity index is 433. The fraction of sp³-hybridized carbons (Fsp3) is 0.600. The van der Waals surface area contributed by atoms with Crippen LogP contribution in [-0.2, 0) is 12.6 Å². The predicted molar refractivity (Wildman–Crippen MR) is 71.4 cm³/mol. The van der Waals surface area contributed by atoms with E-state index in [1.165, 1.54) is 12.1 Å². The standard InChI is InChI=1S/C15H20F3NO/c1-19-13-6-8-14(20,9-7-13)10-11-2-4-12(5-3-11)15(16,17)18/h2-5,13,19-20H,6-10H2,1H3. The summed E-state index contributed by atoms with van der Waals surface area (Å²) in [4.78, 5) is 0. The van der Waals surface area contributed by atoms with Gasteiger partial charge in [-0.15, -0.1) is 0 Å². The quantitative estimate of drug-likeness (QED) is 0.895. The third-order valence-electron chi connectivity index (χ3n) is 4.14. The lowest BCUT2D eigenvalue weighted by Crippen LogP contribution is -2.41. The molecule has 0 aromatic heterocycles. The molecule has 1 aliphatic carbocycles. The summed E-state index contributed by atoms with van der Waals surface area (Å²) in [6, 6.07) is 5.52. The lowest BCUT2D eigenvalue weighted by atomic mass is 9.78. The summed E-state index contributed by atoms with van der Waals surface area (Å²) in [5, 5.41) is 13.7. The van der Waals surface area contributed by atoms with Gasteiger partial charge < -0.3 is 10.4 Å². The van der Waals surface area contributed by atoms with Gasteiger partial charge in [0.1, 0.15) is 0 Å². The van der Waals surface area contributed by atoms with Gasteiger partial charge in [-0.25, -0.2) is 0 Å². The second kappa shape index (κ2) is 5.74. The van der Waals surface area contributed by atoms with Crippen LogP contribution in [0.25, 0.3) is 0 Å². The molecule has 0 atom stereocenters. The molecule has 2 nitrogen and oxygen atoms in total. The molecular weight excluding hydrogens is 267 g/mol. The molecule has 20 heavy (non-hydrogen) atoms. The van der Waals surface area contributed by atoms with Gasteiger partial charge in [0, 0.05) is 12.5 Å². The molecule has 5 heteroatoms. The Morgan fingerprint density at radius 2 is 1.75 bits per heavy atom. The van der Waals surface area contributed by atoms with Crippen molar-refractivity contribution in [1.29, 1.82) is 0 Å². The van der Waals surface area contributed by atoms with Crippen molar-refractivity contribution in [2.24, 2.45) is 0 Å². The minimum Gasteiger partial charge on any atom is -0.390 e. The first-order chi connectivity index (χ1) is 9.32. The first-order valence-corrected chi connectivity index (χ1v) is 6.88. The van der Waals surface area contributed by atoms with Crippen molar-refractivity contribution in [2.45, 2.75) is 49.9 Å². The maximum Gasteiger partial charge on any atom is 0.416 e. The van der Waals surface area contributed by atoms with Crippen molar-refractivity contribution in [1.82, 2.24) is 5.32 Å². The fourth-order valence-electron chi connectivity index (χ4n) is 2.81. The van der Waals surface area contributed by atoms with Crippen LogP contribution < -0.4 is 5.32 Å². The molecule has 1 aromatic rings. The van der Waals surface area contributed by atoms with Crippen molar-refractivity contribution in [3.8, 4) is 0 Å². The molecule has 2 rings (SSSR count). The Labute approximate surface area is 117 Å². The Kier molecular flexibility index (Phi) is 4.39. The highest BCUT2D eigenvalue weighted by Gasteiger charge is 2.33. The van der Waals surface area contributed by atoms with Crippen LogP contribution in [0.5, 0.6) is 0 Å². The first kappa shape index (κ1) is 15.3. The van der Waals surface area contributed by atoms with Crippen molar-refractivity contribution in [2.75, 3.05) is 7.05 Å². The number of benzene rings is 1. The number of aliphatic hydroxyl groups is 1. The lowest BCUT2D eigenvalue weighted by Gasteiger charge is -2.36. The molecule has 0 radical (unpaired) electrons. The summed E-state index contributed by atoms with van der Waals surface area (Å²) in [6.07, 6.45) is -0.734. The minimum atomic E-state index is -4.31. The topological polar surface area (TPSA) is 32.3 Å². The molecule has 1 aliphatic rings. The zero-order valence-electron chi connectivity index (χ0n) is 11.5. The molecule has 2 N–H and O–H groups in total. The number of alkyl halides is 3. The summed E-state index contributed by atoms with van der Waals surface area (Å²) < 4.78 is 37.4. The molecule has 0 amide bonds. The summed E-state index contributed by atoms with van der Waals surface area (Å²) in [7, 11) is 1.91. The van der Waals surface area contributed by atoms with Gasteiger partial charge in [0.25, 0.3) is 0 Å². The van der Waals surface area contributed by atoms with E-state index in [0.717, 1.165) is 30.5 Å². The molecule has 1 saturated carbocycles. The predicted octanol–water partition coefficient (Wildman–Crippen LogP) is 3.14. The summed E-state index contributed by atoms with van der Waals surface area (Å²) in [5.74, 6) is 0. The Hall–Kier alpha value is -1.07. The highest BCUT2D eigenvalue weighted by molar-refractivity contribution is 5.25. The van der Waals surface area contributed by atoms with Crippen molar-refractivity contribution < 1.29 is 18.3 Å². The highest BCUT2D eigenvalue weighted by Crippen LogP contribution is 2.33. The fourth-order valence-corrected chi connectivity index (χ4v) is 2.81. The highest BCUT2D eigenvalue weighted by atomic mass is 19.4. The van der Waals surface area contributed by atoms with E-state index in [2.05, 4.69) is 5.32 Å². The summed E-state index contributed by atoms with van der Waals surface area (Å²) in [5.41, 5.74) is -0.678. The summed E-state index contributed by atoms with van der Waals surface area (Å²) >= 11 is 0. The number of halogens is 3. The van der Waals surface area contributed by atoms with Crippen molar-refractivity contribution in [3.63, 3.8) is 0 Å². The zero-order chi connectivity index (χ0) is 14.8. The van der Waals surface area contributed by atoms with Crippen LogP contribution in [0.2, 0.25) is 0 Å². The van der Waals surface area contributed by atoms with Gasteiger partial charge >= 0.3 is 6.18 Å². The van der Waals surface area contributed by atoms with E-state index in [1.807, 2.05) is 7.05 Å². The molecule has 0 unspecified atom stereocenters. The summed E-state index contributed by atoms with van der Waals surface area (Å²) in [6.45, 7) is 0. The van der Waals surface area contributed by atoms with E-state index < -0.39 is 17.3 Å². The first-order valence-electron chi connectivity index (χ1n) is 6.88. The van der Waals surface area contributed by atoms with E-state index in [-0.39, 0.29) is 0 Å². The van der Waals surface area contributed by atoms with Crippen molar-refractivity contribution >= 4 is 0 Å². The van der Waals surface area contributed by atoms with E-state index >= 15 is 0 Å². The molecule has 0 spiro atoms. The van der Waals surface area contributed by atoms with Gasteiger partial charge in [0.05, 0.1) is 11.2 Å². The molecule has 1 aromatic carbocycles. The Morgan fingerprint density at radius 1 is 1.20 bits per heavy atom. The molecule has 0 aliphatic heterocycles. The van der Waals surface area contributed by atoms with E-state index in [0.29, 0.717) is 25.3 Å². The van der Waals surface area contributed by atoms with Crippen LogP contribution >= 0.6 is 0 Å². The number of hydrogen-bond acceptors (Lipinski definition) is 2. The molecule has 1 fully saturated rings. The number of hydrogen-bond donors (Lipinski definition) is 2. The minimum absolute atomic E-state index is 0.418. The molecule has 0 bridgehead atoms. The van der Waals surface area contributed by atoms with Gasteiger partial charge in [0.15, 0.2) is 0 Å². The number of rotatable bonds is 3. The second-order valence-corrected chi connectivity index (χ2v) is 5.66. The maximum atomic E-state index is 12.5. The zero-order valence-corrected chi connectivity index (χ0v) is 11.5. The largest absolute Gasteiger partial charge is 0.416 e. The van der Waals surface area contributed by atoms with Crippen LogP contribution in [0.15, 0.2) is 24.3 Å². The average Bonchev–Trinajstić information content (AvgIpc) is 2.39. The SMILES string of the molecule is CNC1CCC(O)(Cc2ccc(C(F)(F)F)cc2)CC1. The maximum absolute atomic E-state index is 12.5. The average molecular weight is 287 g/mol. The van der Waals surface area contributed by atoms with E-state index in [4.69, 9.17) is 0 Å². The van der Waals surface area contributed by atoms with Crippen LogP contribution in [0, 0.1) is 0 Å². The third-order valence-corrected chi connectivity index (χ3v) is 4.14. The van der Waals surface area contributed by atoms with Gasteiger partial charge in [-0.1, -0.05) is 12.1 Å². The van der Waals surface area contributed by atoms with E-state index in [1.54, 1.807) is 0 Å². The molecule has 0 heterocycles. The van der Waals surface area contributed by atoms with Gasteiger partial charge in [-0.2, -0.15) is 13.2 Å². The van der Waals surface area contributed by atoms with Crippen LogP contribution in [-0.4, -0.2) is 23.8 Å². The van der Waals surface area contributed by atoms with Crippen molar-refractivity contribution in [3.05, 3.63) is 35.4 Å². The van der Waals surface area contributed by atoms with Gasteiger partial charge in [0.2, 0.25) is 0 Å². The van der Waals surface area contributed by atoms with Gasteiger partial charge in [-0.05, 0) is 50.4 Å². The Balaban J connectivity index is 2.00. The monoisotopic (exact) mass is 287 g/mol. The number of nitrogens with one attached hydrogen (secondary N) is 1. The van der Waals surface area contributed by atoms with Crippen LogP contribution in [0.1, 0.15) is 36.8 Å². The van der Waals surface area contributed by atoms with Gasteiger partial charge in [-0.3, -0.25) is 0 Å². The normalized spacial score (nSPS) is 27.6. The molecular formula is C15H20F3NO. The third kappa shape index (κ3) is 3.73. The smallest absolute Gasteiger partial charge is 0.390 e. The van der Waals surface area contributed by atoms with Crippen LogP contribution in [0.3, 0.4) is 0 Å². The van der Waals surface area contributed by atoms with E-state index in [9.17, 15) is 18.3 Å². The second-order valence-electron chi connectivity index (χ2n) is 5.66. The lowest BCUT2D eigenvalue weighted by molar-refractivity contribution is -0.137.